The Morgan fingerprint density at radius 3 is 2.43 bits per heavy atom. The number of amides is 2. The van der Waals surface area contributed by atoms with Gasteiger partial charge in [-0.3, -0.25) is 19.3 Å². The Morgan fingerprint density at radius 2 is 1.83 bits per heavy atom. The van der Waals surface area contributed by atoms with E-state index < -0.39 is 0 Å². The second kappa shape index (κ2) is 5.05. The average molecular weight is 311 g/mol. The lowest BCUT2D eigenvalue weighted by atomic mass is 10.0. The van der Waals surface area contributed by atoms with Crippen LogP contribution in [0.25, 0.3) is 0 Å². The summed E-state index contributed by atoms with van der Waals surface area (Å²) in [4.78, 5) is 38.3. The van der Waals surface area contributed by atoms with Gasteiger partial charge in [-0.15, -0.1) is 0 Å². The third kappa shape index (κ3) is 2.03. The topological polar surface area (TPSA) is 63.7 Å². The molecule has 4 rings (SSSR count). The van der Waals surface area contributed by atoms with E-state index in [2.05, 4.69) is 0 Å². The molecule has 0 N–H and O–H groups in total. The first-order chi connectivity index (χ1) is 11.1. The number of allylic oxidation sites excluding steroid dienone is 1. The summed E-state index contributed by atoms with van der Waals surface area (Å²) < 4.78 is 5.09. The van der Waals surface area contributed by atoms with Gasteiger partial charge in [0, 0.05) is 0 Å². The summed E-state index contributed by atoms with van der Waals surface area (Å²) in [6.07, 6.45) is 4.49. The lowest BCUT2D eigenvalue weighted by Crippen LogP contribution is -2.39. The lowest BCUT2D eigenvalue weighted by molar-refractivity contribution is -0.145. The minimum absolute atomic E-state index is 0.119. The Labute approximate surface area is 133 Å². The van der Waals surface area contributed by atoms with Crippen molar-refractivity contribution in [2.45, 2.75) is 19.4 Å². The summed E-state index contributed by atoms with van der Waals surface area (Å²) in [6.45, 7) is 2.17. The molecule has 1 aromatic carbocycles. The van der Waals surface area contributed by atoms with Gasteiger partial charge in [-0.2, -0.15) is 0 Å². The van der Waals surface area contributed by atoms with Crippen LogP contribution in [0.4, 0.5) is 0 Å². The molecule has 1 saturated carbocycles. The Kier molecular flexibility index (Phi) is 3.11. The highest BCUT2D eigenvalue weighted by atomic mass is 16.5. The van der Waals surface area contributed by atoms with Crippen LogP contribution >= 0.6 is 0 Å². The van der Waals surface area contributed by atoms with Crippen LogP contribution in [0.3, 0.4) is 0 Å². The van der Waals surface area contributed by atoms with Crippen molar-refractivity contribution in [3.05, 3.63) is 47.5 Å². The lowest BCUT2D eigenvalue weighted by Gasteiger charge is -2.25. The molecule has 4 atom stereocenters. The number of benzene rings is 1. The molecular formula is C18H17NO4. The standard InChI is InChI=1S/C18H17NO4/c1-2-23-18(22)15-11-8-7-10(9-14(11)15)19-16(20)12-5-3-4-6-13(12)17(19)21/h3-8,10-11,14-15H,2,9H2,1H3. The Morgan fingerprint density at radius 1 is 1.17 bits per heavy atom. The predicted molar refractivity (Wildman–Crippen MR) is 81.6 cm³/mol. The summed E-state index contributed by atoms with van der Waals surface area (Å²) in [6, 6.07) is 6.62. The van der Waals surface area contributed by atoms with Gasteiger partial charge in [0.25, 0.3) is 11.8 Å². The number of esters is 1. The predicted octanol–water partition coefficient (Wildman–Crippen LogP) is 2.04. The summed E-state index contributed by atoms with van der Waals surface area (Å²) in [5.74, 6) is -0.408. The van der Waals surface area contributed by atoms with Crippen molar-refractivity contribution in [2.24, 2.45) is 17.8 Å². The van der Waals surface area contributed by atoms with Crippen LogP contribution in [-0.4, -0.2) is 35.3 Å². The number of imide groups is 1. The molecule has 3 aliphatic rings. The van der Waals surface area contributed by atoms with Gasteiger partial charge in [-0.05, 0) is 37.3 Å². The molecule has 5 heteroatoms. The van der Waals surface area contributed by atoms with Crippen molar-refractivity contribution < 1.29 is 19.1 Å². The first-order valence-corrected chi connectivity index (χ1v) is 7.95. The first kappa shape index (κ1) is 14.2. The van der Waals surface area contributed by atoms with E-state index in [1.807, 2.05) is 12.2 Å². The monoisotopic (exact) mass is 311 g/mol. The molecule has 0 radical (unpaired) electrons. The molecule has 2 aliphatic carbocycles. The van der Waals surface area contributed by atoms with Crippen LogP contribution in [0.1, 0.15) is 34.1 Å². The Hall–Kier alpha value is -2.43. The van der Waals surface area contributed by atoms with Crippen molar-refractivity contribution >= 4 is 17.8 Å². The third-order valence-electron chi connectivity index (χ3n) is 5.01. The molecule has 0 bridgehead atoms. The van der Waals surface area contributed by atoms with E-state index >= 15 is 0 Å². The Balaban J connectivity index is 1.53. The molecule has 0 aromatic heterocycles. The summed E-state index contributed by atoms with van der Waals surface area (Å²) >= 11 is 0. The molecule has 1 aromatic rings. The summed E-state index contributed by atoms with van der Waals surface area (Å²) in [5.41, 5.74) is 0.927. The van der Waals surface area contributed by atoms with Gasteiger partial charge >= 0.3 is 5.97 Å². The maximum absolute atomic E-state index is 12.5. The molecule has 1 fully saturated rings. The van der Waals surface area contributed by atoms with Crippen molar-refractivity contribution in [3.8, 4) is 0 Å². The summed E-state index contributed by atoms with van der Waals surface area (Å²) in [5, 5.41) is 0. The molecule has 0 spiro atoms. The number of carbonyl (C=O) groups is 3. The average Bonchev–Trinajstić information content (AvgIpc) is 3.22. The number of hydrogen-bond acceptors (Lipinski definition) is 4. The van der Waals surface area contributed by atoms with Gasteiger partial charge in [0.2, 0.25) is 0 Å². The number of hydrogen-bond donors (Lipinski definition) is 0. The number of nitrogens with zero attached hydrogens (tertiary/aromatic N) is 1. The van der Waals surface area contributed by atoms with Crippen molar-refractivity contribution in [2.75, 3.05) is 6.61 Å². The fraction of sp³-hybridized carbons (Fsp3) is 0.389. The minimum atomic E-state index is -0.275. The zero-order valence-corrected chi connectivity index (χ0v) is 12.8. The maximum Gasteiger partial charge on any atom is 0.309 e. The van der Waals surface area contributed by atoms with Crippen LogP contribution in [0, 0.1) is 17.8 Å². The first-order valence-electron chi connectivity index (χ1n) is 7.95. The van der Waals surface area contributed by atoms with Gasteiger partial charge in [-0.1, -0.05) is 24.3 Å². The van der Waals surface area contributed by atoms with Crippen LogP contribution in [0.15, 0.2) is 36.4 Å². The second-order valence-electron chi connectivity index (χ2n) is 6.23. The highest BCUT2D eigenvalue weighted by Crippen LogP contribution is 2.54. The molecular weight excluding hydrogens is 294 g/mol. The van der Waals surface area contributed by atoms with E-state index in [9.17, 15) is 14.4 Å². The van der Waals surface area contributed by atoms with E-state index in [4.69, 9.17) is 4.74 Å². The number of ether oxygens (including phenoxy) is 1. The molecule has 4 unspecified atom stereocenters. The second-order valence-corrected chi connectivity index (χ2v) is 6.23. The zero-order valence-electron chi connectivity index (χ0n) is 12.8. The number of carbonyl (C=O) groups excluding carboxylic acids is 3. The van der Waals surface area contributed by atoms with E-state index in [-0.39, 0.29) is 41.6 Å². The number of rotatable bonds is 3. The molecule has 2 amide bonds. The summed E-state index contributed by atoms with van der Waals surface area (Å²) in [7, 11) is 0. The molecule has 5 nitrogen and oxygen atoms in total. The van der Waals surface area contributed by atoms with E-state index in [1.165, 1.54) is 4.90 Å². The van der Waals surface area contributed by atoms with E-state index in [0.29, 0.717) is 24.2 Å². The SMILES string of the molecule is CCOC(=O)C1C2C=CC(N3C(=O)c4ccccc4C3=O)CC21. The zero-order chi connectivity index (χ0) is 16.1. The van der Waals surface area contributed by atoms with E-state index in [0.717, 1.165) is 0 Å². The highest BCUT2D eigenvalue weighted by Gasteiger charge is 2.57. The van der Waals surface area contributed by atoms with Gasteiger partial charge in [0.15, 0.2) is 0 Å². The Bertz CT molecular complexity index is 703. The molecule has 1 aliphatic heterocycles. The van der Waals surface area contributed by atoms with Crippen molar-refractivity contribution in [1.82, 2.24) is 4.90 Å². The maximum atomic E-state index is 12.5. The van der Waals surface area contributed by atoms with Crippen LogP contribution < -0.4 is 0 Å². The fourth-order valence-corrected chi connectivity index (χ4v) is 3.85. The molecule has 1 heterocycles. The van der Waals surface area contributed by atoms with Gasteiger partial charge in [0.1, 0.15) is 0 Å². The fourth-order valence-electron chi connectivity index (χ4n) is 3.85. The molecule has 0 saturated heterocycles. The minimum Gasteiger partial charge on any atom is -0.466 e. The quantitative estimate of drug-likeness (QED) is 0.487. The van der Waals surface area contributed by atoms with Crippen LogP contribution in [0.2, 0.25) is 0 Å². The van der Waals surface area contributed by atoms with Gasteiger partial charge in [0.05, 0.1) is 29.7 Å². The van der Waals surface area contributed by atoms with Crippen LogP contribution in [-0.2, 0) is 9.53 Å². The molecule has 118 valence electrons. The number of fused-ring (bicyclic) bond motifs is 2. The highest BCUT2D eigenvalue weighted by molar-refractivity contribution is 6.21. The third-order valence-corrected chi connectivity index (χ3v) is 5.01. The van der Waals surface area contributed by atoms with E-state index in [1.54, 1.807) is 31.2 Å². The van der Waals surface area contributed by atoms with Crippen LogP contribution in [0.5, 0.6) is 0 Å². The van der Waals surface area contributed by atoms with Crippen molar-refractivity contribution in [1.29, 1.82) is 0 Å². The largest absolute Gasteiger partial charge is 0.466 e. The smallest absolute Gasteiger partial charge is 0.309 e. The van der Waals surface area contributed by atoms with Crippen molar-refractivity contribution in [3.63, 3.8) is 0 Å². The van der Waals surface area contributed by atoms with Gasteiger partial charge in [-0.25, -0.2) is 0 Å². The molecule has 23 heavy (non-hydrogen) atoms. The normalized spacial score (nSPS) is 30.9. The van der Waals surface area contributed by atoms with Gasteiger partial charge < -0.3 is 4.74 Å².